The number of hydrogen-bond acceptors (Lipinski definition) is 8. The van der Waals surface area contributed by atoms with Crippen LogP contribution in [-0.2, 0) is 19.9 Å². The molecular weight excluding hydrogens is 837 g/mol. The molecule has 1 N–H and O–H groups in total. The third kappa shape index (κ3) is 9.43. The molecule has 1 aromatic heterocycles. The Morgan fingerprint density at radius 1 is 0.912 bits per heavy atom. The van der Waals surface area contributed by atoms with Crippen molar-refractivity contribution in [3.63, 3.8) is 0 Å². The molecule has 0 spiro atoms. The molecule has 2 aliphatic rings. The molecule has 2 fully saturated rings. The van der Waals surface area contributed by atoms with E-state index in [0.717, 1.165) is 23.4 Å². The number of halogens is 12. The van der Waals surface area contributed by atoms with Crippen molar-refractivity contribution < 1.29 is 77.6 Å². The van der Waals surface area contributed by atoms with Crippen LogP contribution in [0.4, 0.5) is 48.7 Å². The zero-order chi connectivity index (χ0) is 42.2. The van der Waals surface area contributed by atoms with Gasteiger partial charge in [-0.15, -0.1) is 13.2 Å². The smallest absolute Gasteiger partial charge is 0.481 e. The molecule has 1 atom stereocenters. The number of amides is 1. The topological polar surface area (TPSA) is 144 Å². The number of aromatic nitrogens is 2. The maximum Gasteiger partial charge on any atom is 0.573 e. The maximum atomic E-state index is 14.8. The number of rotatable bonds is 11. The summed E-state index contributed by atoms with van der Waals surface area (Å²) < 4.78 is 150. The lowest BCUT2D eigenvalue weighted by Crippen LogP contribution is -2.50. The number of benzene rings is 2. The van der Waals surface area contributed by atoms with E-state index >= 15 is 0 Å². The molecule has 5 rings (SSSR count). The zero-order valence-corrected chi connectivity index (χ0v) is 30.0. The quantitative estimate of drug-likeness (QED) is 0.113. The van der Waals surface area contributed by atoms with Crippen LogP contribution in [0.1, 0.15) is 54.4 Å². The molecule has 308 valence electrons. The second-order valence-electron chi connectivity index (χ2n) is 13.0. The van der Waals surface area contributed by atoms with Gasteiger partial charge in [0.25, 0.3) is 5.91 Å². The second-order valence-corrected chi connectivity index (χ2v) is 13.8. The van der Waals surface area contributed by atoms with E-state index in [1.54, 1.807) is 0 Å². The van der Waals surface area contributed by atoms with Gasteiger partial charge < -0.3 is 19.3 Å². The minimum absolute atomic E-state index is 0.0488. The van der Waals surface area contributed by atoms with Crippen molar-refractivity contribution in [3.05, 3.63) is 63.9 Å². The predicted molar refractivity (Wildman–Crippen MR) is 175 cm³/mol. The Morgan fingerprint density at radius 3 is 2.09 bits per heavy atom. The molecule has 3 aromatic rings. The summed E-state index contributed by atoms with van der Waals surface area (Å²) in [5.41, 5.74) is -9.86. The molecule has 0 radical (unpaired) electrons. The average Bonchev–Trinajstić information content (AvgIpc) is 3.83. The minimum Gasteiger partial charge on any atom is -0.481 e. The van der Waals surface area contributed by atoms with E-state index in [9.17, 15) is 68.7 Å². The van der Waals surface area contributed by atoms with Crippen molar-refractivity contribution in [2.24, 2.45) is 11.8 Å². The van der Waals surface area contributed by atoms with Crippen LogP contribution in [0, 0.1) is 23.2 Å². The van der Waals surface area contributed by atoms with Gasteiger partial charge in [-0.25, -0.2) is 13.9 Å². The first-order valence-electron chi connectivity index (χ1n) is 16.5. The van der Waals surface area contributed by atoms with E-state index in [1.165, 1.54) is 12.1 Å². The fourth-order valence-corrected chi connectivity index (χ4v) is 6.63. The van der Waals surface area contributed by atoms with Crippen molar-refractivity contribution >= 4 is 41.2 Å². The van der Waals surface area contributed by atoms with Gasteiger partial charge in [-0.1, -0.05) is 29.3 Å². The Morgan fingerprint density at radius 2 is 1.54 bits per heavy atom. The van der Waals surface area contributed by atoms with Gasteiger partial charge in [-0.05, 0) is 74.3 Å². The largest absolute Gasteiger partial charge is 0.573 e. The minimum atomic E-state index is -6.70. The molecule has 57 heavy (non-hydrogen) atoms. The normalized spacial score (nSPS) is 18.3. The monoisotopic (exact) mass is 862 g/mol. The number of carbonyl (C=O) groups excluding carboxylic acids is 2. The van der Waals surface area contributed by atoms with Gasteiger partial charge in [0.2, 0.25) is 0 Å². The molecule has 23 heteroatoms. The summed E-state index contributed by atoms with van der Waals surface area (Å²) in [6.45, 7) is -0.783. The van der Waals surface area contributed by atoms with Crippen molar-refractivity contribution in [1.82, 2.24) is 14.7 Å². The van der Waals surface area contributed by atoms with Gasteiger partial charge >= 0.3 is 36.5 Å². The second kappa shape index (κ2) is 16.1. The number of carboxylic acids is 1. The van der Waals surface area contributed by atoms with Crippen molar-refractivity contribution in [2.75, 3.05) is 6.73 Å². The van der Waals surface area contributed by atoms with E-state index in [2.05, 4.69) is 9.84 Å². The molecule has 11 nitrogen and oxygen atoms in total. The highest BCUT2D eigenvalue weighted by atomic mass is 35.5. The van der Waals surface area contributed by atoms with Gasteiger partial charge in [-0.3, -0.25) is 14.5 Å². The third-order valence-electron chi connectivity index (χ3n) is 9.18. The lowest BCUT2D eigenvalue weighted by molar-refractivity contribution is -0.348. The number of alkyl halides is 10. The van der Waals surface area contributed by atoms with Gasteiger partial charge in [0.15, 0.2) is 12.5 Å². The average molecular weight is 863 g/mol. The molecule has 2 aromatic carbocycles. The number of carboxylic acid groups (broad SMARTS) is 1. The van der Waals surface area contributed by atoms with Crippen LogP contribution in [-0.4, -0.2) is 75.4 Å². The van der Waals surface area contributed by atoms with Gasteiger partial charge in [-0.2, -0.15) is 36.7 Å². The number of ether oxygens (including phenoxy) is 3. The van der Waals surface area contributed by atoms with E-state index in [0.29, 0.717) is 17.5 Å². The molecular formula is C34H26Cl2F10N4O7. The van der Waals surface area contributed by atoms with Crippen LogP contribution in [0.3, 0.4) is 0 Å². The Balaban J connectivity index is 1.44. The number of carbonyl (C=O) groups is 3. The summed E-state index contributed by atoms with van der Waals surface area (Å²) >= 11 is 12.3. The number of hydrogen-bond donors (Lipinski definition) is 1. The highest BCUT2D eigenvalue weighted by molar-refractivity contribution is 6.34. The maximum absolute atomic E-state index is 14.8. The van der Waals surface area contributed by atoms with E-state index in [1.807, 2.05) is 6.07 Å². The highest BCUT2D eigenvalue weighted by Crippen LogP contribution is 2.55. The number of nitriles is 1. The summed E-state index contributed by atoms with van der Waals surface area (Å²) in [7, 11) is 0. The first-order chi connectivity index (χ1) is 26.4. The molecule has 2 aliphatic carbocycles. The van der Waals surface area contributed by atoms with Crippen LogP contribution in [0.2, 0.25) is 10.0 Å². The van der Waals surface area contributed by atoms with Crippen LogP contribution < -0.4 is 4.74 Å². The summed E-state index contributed by atoms with van der Waals surface area (Å²) in [4.78, 5) is 38.6. The highest BCUT2D eigenvalue weighted by Gasteiger charge is 2.73. The Bertz CT molecular complexity index is 2040. The zero-order valence-electron chi connectivity index (χ0n) is 28.5. The summed E-state index contributed by atoms with van der Waals surface area (Å²) in [5, 5.41) is 21.5. The lowest BCUT2D eigenvalue weighted by atomic mass is 9.87. The Hall–Kier alpha value is -4.97. The van der Waals surface area contributed by atoms with Gasteiger partial charge in [0.1, 0.15) is 17.8 Å². The number of nitrogens with zero attached hydrogens (tertiary/aromatic N) is 4. The fourth-order valence-electron chi connectivity index (χ4n) is 6.13. The van der Waals surface area contributed by atoms with Crippen molar-refractivity contribution in [2.45, 2.75) is 75.1 Å². The van der Waals surface area contributed by atoms with Crippen LogP contribution in [0.25, 0.3) is 16.8 Å². The van der Waals surface area contributed by atoms with Crippen LogP contribution in [0.5, 0.6) is 5.75 Å². The van der Waals surface area contributed by atoms with Crippen LogP contribution in [0.15, 0.2) is 42.7 Å². The molecule has 1 unspecified atom stereocenters. The van der Waals surface area contributed by atoms with E-state index in [-0.39, 0.29) is 59.4 Å². The summed E-state index contributed by atoms with van der Waals surface area (Å²) in [6, 6.07) is 3.88. The van der Waals surface area contributed by atoms with E-state index < -0.39 is 95.3 Å². The fraction of sp³-hybridized carbons (Fsp3) is 0.441. The standard InChI is InChI=1S/C34H26Cl2F10N4O7/c35-23-8-5-18(9-22(23)28(51)49(25(12-47)16-1-2-16)15-55-30(54)56-21-6-3-17(4-7-21)29(52)53)19-13-48-50(14-19)27-24(36)10-20(11-26(27)57-34(44,45)46)31(37,32(38,39)40)33(41,42)43/h5,8-11,13-14,16-17,21,25H,1-4,6-7,15H2,(H,52,53)/t17-,21-,25?. The van der Waals surface area contributed by atoms with Crippen molar-refractivity contribution in [3.8, 4) is 28.6 Å². The third-order valence-corrected chi connectivity index (χ3v) is 9.80. The first-order valence-corrected chi connectivity index (χ1v) is 17.2. The Labute approximate surface area is 324 Å². The lowest BCUT2D eigenvalue weighted by Gasteiger charge is -2.31. The van der Waals surface area contributed by atoms with Gasteiger partial charge in [0, 0.05) is 17.3 Å². The molecule has 0 aliphatic heterocycles. The first kappa shape index (κ1) is 43.2. The number of aliphatic carboxylic acids is 1. The van der Waals surface area contributed by atoms with E-state index in [4.69, 9.17) is 32.7 Å². The predicted octanol–water partition coefficient (Wildman–Crippen LogP) is 9.53. The summed E-state index contributed by atoms with van der Waals surface area (Å²) in [5.74, 6) is -4.57. The van der Waals surface area contributed by atoms with Crippen LogP contribution >= 0.6 is 23.2 Å². The molecule has 0 bridgehead atoms. The SMILES string of the molecule is N#CC(C1CC1)N(COC(=O)O[C@H]1CC[C@H](C(=O)O)CC1)C(=O)c1cc(-c2cnn(-c3c(Cl)cc(C(F)(C(F)(F)F)C(F)(F)F)cc3OC(F)(F)F)c2)ccc1Cl. The molecule has 1 amide bonds. The Kier molecular flexibility index (Phi) is 12.2. The van der Waals surface area contributed by atoms with Crippen molar-refractivity contribution in [1.29, 1.82) is 5.26 Å². The molecule has 2 saturated carbocycles. The van der Waals surface area contributed by atoms with Gasteiger partial charge in [0.05, 0.1) is 33.8 Å². The molecule has 1 heterocycles. The summed E-state index contributed by atoms with van der Waals surface area (Å²) in [6.07, 6.45) is -17.0. The molecule has 0 saturated heterocycles.